The summed E-state index contributed by atoms with van der Waals surface area (Å²) in [6.07, 6.45) is 1.28. The molecule has 0 saturated heterocycles. The van der Waals surface area contributed by atoms with Crippen LogP contribution in [0.1, 0.15) is 18.5 Å². The van der Waals surface area contributed by atoms with Crippen LogP contribution in [-0.2, 0) is 4.79 Å². The second-order valence-corrected chi connectivity index (χ2v) is 5.65. The molecule has 1 heterocycles. The first-order chi connectivity index (χ1) is 12.1. The lowest BCUT2D eigenvalue weighted by molar-refractivity contribution is -0.134. The number of likely N-dealkylation sites (N-methyl/N-ethyl adjacent to an activating group) is 1. The van der Waals surface area contributed by atoms with Gasteiger partial charge in [0.05, 0.1) is 6.04 Å². The first-order valence-electron chi connectivity index (χ1n) is 7.95. The minimum Gasteiger partial charge on any atom is -0.484 e. The van der Waals surface area contributed by atoms with E-state index in [1.807, 2.05) is 49.4 Å². The van der Waals surface area contributed by atoms with E-state index in [4.69, 9.17) is 9.15 Å². The van der Waals surface area contributed by atoms with Crippen LogP contribution in [0.4, 0.5) is 0 Å². The summed E-state index contributed by atoms with van der Waals surface area (Å²) in [6.45, 7) is 1.97. The molecule has 3 rings (SSSR count). The first-order valence-corrected chi connectivity index (χ1v) is 7.95. The van der Waals surface area contributed by atoms with Gasteiger partial charge in [-0.3, -0.25) is 4.79 Å². The monoisotopic (exact) mass is 337 g/mol. The lowest BCUT2D eigenvalue weighted by Gasteiger charge is -2.25. The van der Waals surface area contributed by atoms with Gasteiger partial charge in [-0.05, 0) is 36.8 Å². The second-order valence-electron chi connectivity index (χ2n) is 5.65. The van der Waals surface area contributed by atoms with Gasteiger partial charge in [-0.1, -0.05) is 30.3 Å². The van der Waals surface area contributed by atoms with Crippen LogP contribution in [0, 0.1) is 0 Å². The molecule has 128 valence electrons. The fourth-order valence-corrected chi connectivity index (χ4v) is 2.41. The fraction of sp³-hybridized carbons (Fsp3) is 0.211. The van der Waals surface area contributed by atoms with E-state index in [1.165, 1.54) is 6.39 Å². The summed E-state index contributed by atoms with van der Waals surface area (Å²) in [4.78, 5) is 14.0. The van der Waals surface area contributed by atoms with Gasteiger partial charge in [0.25, 0.3) is 5.91 Å². The maximum absolute atomic E-state index is 12.4. The van der Waals surface area contributed by atoms with Gasteiger partial charge in [0.2, 0.25) is 12.3 Å². The van der Waals surface area contributed by atoms with Gasteiger partial charge in [-0.2, -0.15) is 0 Å². The van der Waals surface area contributed by atoms with E-state index in [0.29, 0.717) is 11.6 Å². The molecule has 0 unspecified atom stereocenters. The standard InChI is InChI=1S/C19H19N3O3/c1-14(15-6-4-3-5-7-15)22(2)18(23)12-24-17-10-8-16(9-11-17)19-21-20-13-25-19/h3-11,13-14H,12H2,1-2H3/t14-/m0/s1. The quantitative estimate of drug-likeness (QED) is 0.690. The Hall–Kier alpha value is -3.15. The molecule has 6 nitrogen and oxygen atoms in total. The van der Waals surface area contributed by atoms with Crippen molar-refractivity contribution in [1.82, 2.24) is 15.1 Å². The highest BCUT2D eigenvalue weighted by atomic mass is 16.5. The molecule has 0 saturated carbocycles. The van der Waals surface area contributed by atoms with E-state index in [2.05, 4.69) is 10.2 Å². The van der Waals surface area contributed by atoms with E-state index in [9.17, 15) is 4.79 Å². The average Bonchev–Trinajstić information content (AvgIpc) is 3.21. The van der Waals surface area contributed by atoms with Crippen molar-refractivity contribution in [3.63, 3.8) is 0 Å². The minimum atomic E-state index is -0.0858. The van der Waals surface area contributed by atoms with Crippen LogP contribution in [0.15, 0.2) is 65.4 Å². The van der Waals surface area contributed by atoms with Crippen molar-refractivity contribution >= 4 is 5.91 Å². The Morgan fingerprint density at radius 2 is 1.88 bits per heavy atom. The Morgan fingerprint density at radius 3 is 2.52 bits per heavy atom. The Kier molecular flexibility index (Phi) is 5.09. The zero-order valence-corrected chi connectivity index (χ0v) is 14.1. The molecule has 2 aromatic carbocycles. The molecule has 6 heteroatoms. The SMILES string of the molecule is C[C@@H](c1ccccc1)N(C)C(=O)COc1ccc(-c2nnco2)cc1. The van der Waals surface area contributed by atoms with Gasteiger partial charge in [0, 0.05) is 12.6 Å². The van der Waals surface area contributed by atoms with Gasteiger partial charge in [0.1, 0.15) is 5.75 Å². The normalized spacial score (nSPS) is 11.8. The van der Waals surface area contributed by atoms with Crippen LogP contribution in [0.2, 0.25) is 0 Å². The number of aromatic nitrogens is 2. The van der Waals surface area contributed by atoms with Crippen molar-refractivity contribution in [2.24, 2.45) is 0 Å². The van der Waals surface area contributed by atoms with Crippen molar-refractivity contribution in [1.29, 1.82) is 0 Å². The Balaban J connectivity index is 1.56. The summed E-state index contributed by atoms with van der Waals surface area (Å²) in [6, 6.07) is 17.0. The molecule has 0 N–H and O–H groups in total. The number of hydrogen-bond donors (Lipinski definition) is 0. The summed E-state index contributed by atoms with van der Waals surface area (Å²) in [5.74, 6) is 0.966. The topological polar surface area (TPSA) is 68.5 Å². The third kappa shape index (κ3) is 4.03. The Bertz CT molecular complexity index is 802. The molecular formula is C19H19N3O3. The smallest absolute Gasteiger partial charge is 0.260 e. The van der Waals surface area contributed by atoms with Crippen LogP contribution < -0.4 is 4.74 Å². The number of carbonyl (C=O) groups excluding carboxylic acids is 1. The molecule has 1 atom stereocenters. The predicted octanol–water partition coefficient (Wildman–Crippen LogP) is 3.34. The largest absolute Gasteiger partial charge is 0.484 e. The third-order valence-electron chi connectivity index (χ3n) is 4.08. The molecule has 0 aliphatic carbocycles. The maximum Gasteiger partial charge on any atom is 0.260 e. The predicted molar refractivity (Wildman–Crippen MR) is 92.9 cm³/mol. The van der Waals surface area contributed by atoms with Gasteiger partial charge in [0.15, 0.2) is 6.61 Å². The van der Waals surface area contributed by atoms with Crippen molar-refractivity contribution < 1.29 is 13.9 Å². The molecule has 0 bridgehead atoms. The first kappa shape index (κ1) is 16.7. The maximum atomic E-state index is 12.4. The third-order valence-corrected chi connectivity index (χ3v) is 4.08. The van der Waals surface area contributed by atoms with Crippen molar-refractivity contribution in [3.05, 3.63) is 66.6 Å². The molecule has 1 aromatic heterocycles. The minimum absolute atomic E-state index is 0.0165. The highest BCUT2D eigenvalue weighted by Crippen LogP contribution is 2.21. The number of rotatable bonds is 6. The van der Waals surface area contributed by atoms with Gasteiger partial charge in [-0.15, -0.1) is 10.2 Å². The van der Waals surface area contributed by atoms with Crippen molar-refractivity contribution in [2.45, 2.75) is 13.0 Å². The Labute approximate surface area is 146 Å². The summed E-state index contributed by atoms with van der Waals surface area (Å²) in [7, 11) is 1.78. The van der Waals surface area contributed by atoms with Crippen molar-refractivity contribution in [2.75, 3.05) is 13.7 Å². The number of carbonyl (C=O) groups is 1. The zero-order chi connectivity index (χ0) is 17.6. The lowest BCUT2D eigenvalue weighted by atomic mass is 10.1. The van der Waals surface area contributed by atoms with Crippen molar-refractivity contribution in [3.8, 4) is 17.2 Å². The molecule has 25 heavy (non-hydrogen) atoms. The molecular weight excluding hydrogens is 318 g/mol. The van der Waals surface area contributed by atoms with Crippen LogP contribution >= 0.6 is 0 Å². The van der Waals surface area contributed by atoms with Gasteiger partial charge < -0.3 is 14.1 Å². The van der Waals surface area contributed by atoms with Crippen LogP contribution in [0.25, 0.3) is 11.5 Å². The van der Waals surface area contributed by atoms with E-state index in [0.717, 1.165) is 11.1 Å². The lowest BCUT2D eigenvalue weighted by Crippen LogP contribution is -2.33. The van der Waals surface area contributed by atoms with Crippen LogP contribution in [-0.4, -0.2) is 34.7 Å². The summed E-state index contributed by atoms with van der Waals surface area (Å²) >= 11 is 0. The average molecular weight is 337 g/mol. The van der Waals surface area contributed by atoms with E-state index in [-0.39, 0.29) is 18.6 Å². The van der Waals surface area contributed by atoms with Gasteiger partial charge >= 0.3 is 0 Å². The molecule has 0 spiro atoms. The fourth-order valence-electron chi connectivity index (χ4n) is 2.41. The molecule has 0 radical (unpaired) electrons. The van der Waals surface area contributed by atoms with E-state index in [1.54, 1.807) is 24.1 Å². The number of amides is 1. The summed E-state index contributed by atoms with van der Waals surface area (Å²) < 4.78 is 10.7. The summed E-state index contributed by atoms with van der Waals surface area (Å²) in [5, 5.41) is 7.49. The van der Waals surface area contributed by atoms with Crippen LogP contribution in [0.3, 0.4) is 0 Å². The number of ether oxygens (including phenoxy) is 1. The molecule has 0 aliphatic rings. The van der Waals surface area contributed by atoms with Crippen LogP contribution in [0.5, 0.6) is 5.75 Å². The number of hydrogen-bond acceptors (Lipinski definition) is 5. The number of nitrogens with zero attached hydrogens (tertiary/aromatic N) is 3. The van der Waals surface area contributed by atoms with Gasteiger partial charge in [-0.25, -0.2) is 0 Å². The summed E-state index contributed by atoms with van der Waals surface area (Å²) in [5.41, 5.74) is 1.88. The molecule has 0 aliphatic heterocycles. The van der Waals surface area contributed by atoms with E-state index >= 15 is 0 Å². The number of benzene rings is 2. The molecule has 0 fully saturated rings. The Morgan fingerprint density at radius 1 is 1.16 bits per heavy atom. The zero-order valence-electron chi connectivity index (χ0n) is 14.1. The molecule has 3 aromatic rings. The molecule has 1 amide bonds. The van der Waals surface area contributed by atoms with E-state index < -0.39 is 0 Å². The second kappa shape index (κ2) is 7.61. The highest BCUT2D eigenvalue weighted by molar-refractivity contribution is 5.78. The highest BCUT2D eigenvalue weighted by Gasteiger charge is 2.17.